The van der Waals surface area contributed by atoms with E-state index in [1.54, 1.807) is 4.68 Å². The lowest BCUT2D eigenvalue weighted by molar-refractivity contribution is -0.301. The number of carbonyl (C=O) groups is 1. The van der Waals surface area contributed by atoms with Crippen LogP contribution >= 0.6 is 11.8 Å². The lowest BCUT2D eigenvalue weighted by atomic mass is 10.2. The number of hydrogen-bond acceptors (Lipinski definition) is 7. The molecule has 0 atom stereocenters. The van der Waals surface area contributed by atoms with Gasteiger partial charge in [0.15, 0.2) is 11.2 Å². The van der Waals surface area contributed by atoms with Crippen LogP contribution in [0.15, 0.2) is 35.6 Å². The molecule has 0 N–H and O–H groups in total. The van der Waals surface area contributed by atoms with Gasteiger partial charge < -0.3 is 9.90 Å². The minimum absolute atomic E-state index is 0.191. The number of benzene rings is 1. The van der Waals surface area contributed by atoms with Crippen molar-refractivity contribution in [1.29, 1.82) is 0 Å². The lowest BCUT2D eigenvalue weighted by Gasteiger charge is -2.03. The second-order valence-corrected chi connectivity index (χ2v) is 5.31. The van der Waals surface area contributed by atoms with Gasteiger partial charge in [-0.25, -0.2) is 9.97 Å². The van der Waals surface area contributed by atoms with Gasteiger partial charge in [-0.15, -0.1) is 5.10 Å². The van der Waals surface area contributed by atoms with Crippen LogP contribution in [-0.4, -0.2) is 36.7 Å². The maximum absolute atomic E-state index is 10.6. The van der Waals surface area contributed by atoms with Crippen molar-refractivity contribution < 1.29 is 9.90 Å². The minimum atomic E-state index is -1.15. The second kappa shape index (κ2) is 5.49. The normalized spacial score (nSPS) is 10.9. The SMILES string of the molecule is Cc1ccc(-n2nnc3c(SCC(=O)[O-])ncnc32)cc1. The fraction of sp³-hybridized carbons (Fsp3) is 0.154. The number of carbonyl (C=O) groups excluding carboxylic acids is 1. The number of rotatable bonds is 4. The lowest BCUT2D eigenvalue weighted by Crippen LogP contribution is -2.24. The molecule has 0 saturated heterocycles. The van der Waals surface area contributed by atoms with Gasteiger partial charge in [0.1, 0.15) is 11.4 Å². The van der Waals surface area contributed by atoms with Gasteiger partial charge in [-0.1, -0.05) is 34.7 Å². The van der Waals surface area contributed by atoms with Gasteiger partial charge in [0.05, 0.1) is 11.7 Å². The van der Waals surface area contributed by atoms with Crippen LogP contribution < -0.4 is 5.11 Å². The quantitative estimate of drug-likeness (QED) is 0.507. The van der Waals surface area contributed by atoms with Crippen molar-refractivity contribution in [2.45, 2.75) is 11.9 Å². The molecule has 0 amide bonds. The monoisotopic (exact) mass is 300 g/mol. The molecule has 106 valence electrons. The van der Waals surface area contributed by atoms with Crippen LogP contribution in [0.1, 0.15) is 5.56 Å². The highest BCUT2D eigenvalue weighted by molar-refractivity contribution is 8.00. The van der Waals surface area contributed by atoms with Crippen molar-refractivity contribution in [3.8, 4) is 5.69 Å². The molecule has 7 nitrogen and oxygen atoms in total. The summed E-state index contributed by atoms with van der Waals surface area (Å²) in [6, 6.07) is 7.77. The first-order valence-corrected chi connectivity index (χ1v) is 7.10. The smallest absolute Gasteiger partial charge is 0.187 e. The van der Waals surface area contributed by atoms with Crippen molar-refractivity contribution in [2.75, 3.05) is 5.75 Å². The average Bonchev–Trinajstić information content (AvgIpc) is 2.90. The summed E-state index contributed by atoms with van der Waals surface area (Å²) < 4.78 is 1.60. The number of fused-ring (bicyclic) bond motifs is 1. The molecule has 0 spiro atoms. The molecule has 21 heavy (non-hydrogen) atoms. The molecule has 0 bridgehead atoms. The van der Waals surface area contributed by atoms with E-state index in [0.717, 1.165) is 23.0 Å². The highest BCUT2D eigenvalue weighted by atomic mass is 32.2. The van der Waals surface area contributed by atoms with E-state index < -0.39 is 5.97 Å². The fourth-order valence-electron chi connectivity index (χ4n) is 1.82. The van der Waals surface area contributed by atoms with E-state index in [4.69, 9.17) is 0 Å². The van der Waals surface area contributed by atoms with Crippen LogP contribution in [0.2, 0.25) is 0 Å². The van der Waals surface area contributed by atoms with E-state index in [9.17, 15) is 9.90 Å². The van der Waals surface area contributed by atoms with Crippen molar-refractivity contribution in [2.24, 2.45) is 0 Å². The number of aliphatic carboxylic acids is 1. The highest BCUT2D eigenvalue weighted by Gasteiger charge is 2.13. The second-order valence-electron chi connectivity index (χ2n) is 4.35. The molecule has 0 radical (unpaired) electrons. The Bertz CT molecular complexity index is 800. The van der Waals surface area contributed by atoms with Crippen LogP contribution in [0.25, 0.3) is 16.9 Å². The number of hydrogen-bond donors (Lipinski definition) is 0. The summed E-state index contributed by atoms with van der Waals surface area (Å²) in [5.74, 6) is -1.35. The molecule has 2 heterocycles. The Hall–Kier alpha value is -2.48. The molecule has 0 aliphatic heterocycles. The molecule has 1 aromatic carbocycles. The molecular formula is C13H10N5O2S-. The molecule has 0 fully saturated rings. The zero-order chi connectivity index (χ0) is 14.8. The van der Waals surface area contributed by atoms with E-state index >= 15 is 0 Å². The van der Waals surface area contributed by atoms with Crippen molar-refractivity contribution >= 4 is 28.9 Å². The third kappa shape index (κ3) is 2.70. The summed E-state index contributed by atoms with van der Waals surface area (Å²) >= 11 is 1.04. The molecule has 0 aliphatic rings. The number of carboxylic acids is 1. The fourth-order valence-corrected chi connectivity index (χ4v) is 2.47. The molecule has 0 saturated carbocycles. The van der Waals surface area contributed by atoms with Gasteiger partial charge in [-0.05, 0) is 19.1 Å². The number of aromatic nitrogens is 5. The predicted octanol–water partition coefficient (Wildman–Crippen LogP) is 0.361. The number of thioether (sulfide) groups is 1. The standard InChI is InChI=1S/C13H11N5O2S/c1-8-2-4-9(5-3-8)18-12-11(16-17-18)13(15-7-14-12)21-6-10(19)20/h2-5,7H,6H2,1H3,(H,19,20)/p-1. The summed E-state index contributed by atoms with van der Waals surface area (Å²) in [7, 11) is 0. The number of nitrogens with zero attached hydrogens (tertiary/aromatic N) is 5. The molecule has 0 aliphatic carbocycles. The van der Waals surface area contributed by atoms with Crippen molar-refractivity contribution in [3.63, 3.8) is 0 Å². The molecule has 8 heteroatoms. The van der Waals surface area contributed by atoms with Crippen LogP contribution in [0.5, 0.6) is 0 Å². The summed E-state index contributed by atoms with van der Waals surface area (Å²) in [5.41, 5.74) is 2.99. The number of carboxylic acid groups (broad SMARTS) is 1. The van der Waals surface area contributed by atoms with E-state index in [2.05, 4.69) is 20.3 Å². The van der Waals surface area contributed by atoms with Gasteiger partial charge >= 0.3 is 0 Å². The maximum atomic E-state index is 10.6. The Balaban J connectivity index is 2.04. The average molecular weight is 300 g/mol. The first-order chi connectivity index (χ1) is 10.1. The van der Waals surface area contributed by atoms with Crippen molar-refractivity contribution in [3.05, 3.63) is 36.2 Å². The van der Waals surface area contributed by atoms with Crippen molar-refractivity contribution in [1.82, 2.24) is 25.0 Å². The zero-order valence-corrected chi connectivity index (χ0v) is 11.9. The maximum Gasteiger partial charge on any atom is 0.187 e. The predicted molar refractivity (Wildman–Crippen MR) is 74.9 cm³/mol. The Morgan fingerprint density at radius 3 is 2.76 bits per heavy atom. The number of aryl methyl sites for hydroxylation is 1. The third-order valence-electron chi connectivity index (χ3n) is 2.81. The summed E-state index contributed by atoms with van der Waals surface area (Å²) in [4.78, 5) is 18.8. The summed E-state index contributed by atoms with van der Waals surface area (Å²) in [6.45, 7) is 2.00. The van der Waals surface area contributed by atoms with E-state index in [-0.39, 0.29) is 5.75 Å². The van der Waals surface area contributed by atoms with E-state index in [1.165, 1.54) is 6.33 Å². The van der Waals surface area contributed by atoms with Gasteiger partial charge in [0.25, 0.3) is 0 Å². The summed E-state index contributed by atoms with van der Waals surface area (Å²) in [6.07, 6.45) is 1.37. The first-order valence-electron chi connectivity index (χ1n) is 6.11. The van der Waals surface area contributed by atoms with Gasteiger partial charge in [-0.3, -0.25) is 0 Å². The largest absolute Gasteiger partial charge is 0.549 e. The van der Waals surface area contributed by atoms with Gasteiger partial charge in [-0.2, -0.15) is 4.68 Å². The Labute approximate surface area is 124 Å². The highest BCUT2D eigenvalue weighted by Crippen LogP contribution is 2.23. The Kier molecular flexibility index (Phi) is 3.53. The topological polar surface area (TPSA) is 96.6 Å². The van der Waals surface area contributed by atoms with E-state index in [1.807, 2.05) is 31.2 Å². The zero-order valence-electron chi connectivity index (χ0n) is 11.1. The molecule has 2 aromatic heterocycles. The van der Waals surface area contributed by atoms with Crippen LogP contribution in [0.3, 0.4) is 0 Å². The van der Waals surface area contributed by atoms with Crippen LogP contribution in [-0.2, 0) is 4.79 Å². The van der Waals surface area contributed by atoms with Crippen LogP contribution in [0, 0.1) is 6.92 Å². The Morgan fingerprint density at radius 1 is 1.29 bits per heavy atom. The molecule has 0 unspecified atom stereocenters. The minimum Gasteiger partial charge on any atom is -0.549 e. The molecular weight excluding hydrogens is 290 g/mol. The molecule has 3 aromatic rings. The van der Waals surface area contributed by atoms with Gasteiger partial charge in [0.2, 0.25) is 0 Å². The summed E-state index contributed by atoms with van der Waals surface area (Å²) in [5, 5.41) is 19.1. The van der Waals surface area contributed by atoms with Gasteiger partial charge in [0, 0.05) is 5.75 Å². The Morgan fingerprint density at radius 2 is 2.05 bits per heavy atom. The third-order valence-corrected chi connectivity index (χ3v) is 3.76. The molecule has 3 rings (SSSR count). The van der Waals surface area contributed by atoms with Crippen LogP contribution in [0.4, 0.5) is 0 Å². The van der Waals surface area contributed by atoms with E-state index in [0.29, 0.717) is 16.2 Å². The first kappa shape index (κ1) is 13.5.